The molecule has 0 radical (unpaired) electrons. The van der Waals surface area contributed by atoms with Crippen molar-refractivity contribution in [3.63, 3.8) is 0 Å². The third-order valence-electron chi connectivity index (χ3n) is 1.84. The van der Waals surface area contributed by atoms with Gasteiger partial charge in [0.05, 0.1) is 10.6 Å². The van der Waals surface area contributed by atoms with Crippen molar-refractivity contribution in [2.75, 3.05) is 0 Å². The van der Waals surface area contributed by atoms with Crippen molar-refractivity contribution in [2.45, 2.75) is 19.4 Å². The molecule has 0 aromatic heterocycles. The highest BCUT2D eigenvalue weighted by molar-refractivity contribution is 9.10. The summed E-state index contributed by atoms with van der Waals surface area (Å²) >= 11 is 8.73. The second-order valence-electron chi connectivity index (χ2n) is 3.33. The Bertz CT molecular complexity index is 395. The standard InChI is InChI=1S/C10H10BrClFNO/c1-5(14)4-8(15)6-2-3-7(11)9(12)10(6)13/h2-3,5H,4,14H2,1H3. The van der Waals surface area contributed by atoms with Crippen LogP contribution in [0.25, 0.3) is 0 Å². The maximum Gasteiger partial charge on any atom is 0.167 e. The normalized spacial score (nSPS) is 12.6. The van der Waals surface area contributed by atoms with Crippen molar-refractivity contribution >= 4 is 33.3 Å². The second-order valence-corrected chi connectivity index (χ2v) is 4.56. The summed E-state index contributed by atoms with van der Waals surface area (Å²) in [5.41, 5.74) is 5.45. The molecule has 2 N–H and O–H groups in total. The molecular weight excluding hydrogens is 284 g/mol. The Morgan fingerprint density at radius 2 is 2.27 bits per heavy atom. The van der Waals surface area contributed by atoms with Crippen LogP contribution in [0.1, 0.15) is 23.7 Å². The quantitative estimate of drug-likeness (QED) is 0.687. The number of rotatable bonds is 3. The number of carbonyl (C=O) groups is 1. The molecule has 5 heteroatoms. The number of Topliss-reactive ketones (excluding diaryl/α,β-unsaturated/α-hetero) is 1. The van der Waals surface area contributed by atoms with E-state index in [0.717, 1.165) is 0 Å². The molecule has 0 aliphatic carbocycles. The summed E-state index contributed by atoms with van der Waals surface area (Å²) in [6.07, 6.45) is 0.106. The van der Waals surface area contributed by atoms with Gasteiger partial charge in [-0.15, -0.1) is 0 Å². The lowest BCUT2D eigenvalue weighted by Gasteiger charge is -2.07. The van der Waals surface area contributed by atoms with E-state index < -0.39 is 5.82 Å². The van der Waals surface area contributed by atoms with Crippen LogP contribution in [0.15, 0.2) is 16.6 Å². The number of benzene rings is 1. The largest absolute Gasteiger partial charge is 0.328 e. The molecule has 1 aromatic carbocycles. The first kappa shape index (κ1) is 12.6. The van der Waals surface area contributed by atoms with Crippen molar-refractivity contribution < 1.29 is 9.18 Å². The van der Waals surface area contributed by atoms with E-state index in [1.54, 1.807) is 13.0 Å². The van der Waals surface area contributed by atoms with Gasteiger partial charge in [-0.2, -0.15) is 0 Å². The Morgan fingerprint density at radius 1 is 1.67 bits per heavy atom. The topological polar surface area (TPSA) is 43.1 Å². The molecule has 1 aromatic rings. The van der Waals surface area contributed by atoms with E-state index in [0.29, 0.717) is 4.47 Å². The molecule has 0 spiro atoms. The Kier molecular flexibility index (Phi) is 4.25. The van der Waals surface area contributed by atoms with Gasteiger partial charge in [0.15, 0.2) is 11.6 Å². The molecule has 1 rings (SSSR count). The zero-order valence-corrected chi connectivity index (χ0v) is 10.4. The Balaban J connectivity index is 3.06. The monoisotopic (exact) mass is 293 g/mol. The minimum atomic E-state index is -0.698. The van der Waals surface area contributed by atoms with Crippen LogP contribution in [0.4, 0.5) is 4.39 Å². The molecule has 0 heterocycles. The van der Waals surface area contributed by atoms with Crippen molar-refractivity contribution in [1.82, 2.24) is 0 Å². The van der Waals surface area contributed by atoms with E-state index in [4.69, 9.17) is 17.3 Å². The first-order chi connectivity index (χ1) is 6.93. The van der Waals surface area contributed by atoms with Crippen LogP contribution in [-0.4, -0.2) is 11.8 Å². The fourth-order valence-electron chi connectivity index (χ4n) is 1.14. The van der Waals surface area contributed by atoms with E-state index in [1.165, 1.54) is 6.07 Å². The van der Waals surface area contributed by atoms with Crippen LogP contribution < -0.4 is 5.73 Å². The SMILES string of the molecule is CC(N)CC(=O)c1ccc(Br)c(Cl)c1F. The molecule has 82 valence electrons. The van der Waals surface area contributed by atoms with Gasteiger partial charge in [0.1, 0.15) is 0 Å². The fourth-order valence-corrected chi connectivity index (χ4v) is 1.61. The van der Waals surface area contributed by atoms with Gasteiger partial charge in [-0.25, -0.2) is 4.39 Å². The van der Waals surface area contributed by atoms with E-state index in [9.17, 15) is 9.18 Å². The predicted octanol–water partition coefficient (Wildman–Crippen LogP) is 3.16. The summed E-state index contributed by atoms with van der Waals surface area (Å²) in [4.78, 5) is 11.5. The van der Waals surface area contributed by atoms with Crippen LogP contribution in [0.3, 0.4) is 0 Å². The van der Waals surface area contributed by atoms with Gasteiger partial charge in [-0.3, -0.25) is 4.79 Å². The number of nitrogens with two attached hydrogens (primary N) is 1. The minimum Gasteiger partial charge on any atom is -0.328 e. The molecule has 0 fully saturated rings. The van der Waals surface area contributed by atoms with Gasteiger partial charge in [-0.1, -0.05) is 11.6 Å². The van der Waals surface area contributed by atoms with Crippen molar-refractivity contribution in [3.8, 4) is 0 Å². The van der Waals surface area contributed by atoms with Crippen LogP contribution >= 0.6 is 27.5 Å². The molecule has 0 saturated heterocycles. The van der Waals surface area contributed by atoms with Crippen LogP contribution in [-0.2, 0) is 0 Å². The lowest BCUT2D eigenvalue weighted by atomic mass is 10.0. The van der Waals surface area contributed by atoms with Gasteiger partial charge in [-0.05, 0) is 35.0 Å². The maximum atomic E-state index is 13.5. The number of carbonyl (C=O) groups excluding carboxylic acids is 1. The highest BCUT2D eigenvalue weighted by Crippen LogP contribution is 2.28. The number of ketones is 1. The third-order valence-corrected chi connectivity index (χ3v) is 3.10. The molecule has 0 bridgehead atoms. The summed E-state index contributed by atoms with van der Waals surface area (Å²) in [6, 6.07) is 2.65. The molecule has 0 aliphatic rings. The maximum absolute atomic E-state index is 13.5. The molecule has 1 unspecified atom stereocenters. The van der Waals surface area contributed by atoms with E-state index >= 15 is 0 Å². The Labute approximate surface area is 101 Å². The molecule has 0 amide bonds. The number of hydrogen-bond donors (Lipinski definition) is 1. The average molecular weight is 295 g/mol. The van der Waals surface area contributed by atoms with Crippen LogP contribution in [0.5, 0.6) is 0 Å². The lowest BCUT2D eigenvalue weighted by molar-refractivity contribution is 0.0972. The zero-order chi connectivity index (χ0) is 11.6. The van der Waals surface area contributed by atoms with Gasteiger partial charge in [0, 0.05) is 16.9 Å². The minimum absolute atomic E-state index is 0.0134. The summed E-state index contributed by atoms with van der Waals surface area (Å²) in [5.74, 6) is -1.03. The van der Waals surface area contributed by atoms with Gasteiger partial charge in [0.25, 0.3) is 0 Å². The number of halogens is 3. The van der Waals surface area contributed by atoms with Gasteiger partial charge < -0.3 is 5.73 Å². The van der Waals surface area contributed by atoms with E-state index in [-0.39, 0.29) is 28.8 Å². The Morgan fingerprint density at radius 3 is 2.80 bits per heavy atom. The van der Waals surface area contributed by atoms with Crippen LogP contribution in [0.2, 0.25) is 5.02 Å². The first-order valence-corrected chi connectivity index (χ1v) is 5.53. The Hall–Kier alpha value is -0.450. The summed E-state index contributed by atoms with van der Waals surface area (Å²) < 4.78 is 14.0. The van der Waals surface area contributed by atoms with Gasteiger partial charge >= 0.3 is 0 Å². The molecule has 1 atom stereocenters. The second kappa shape index (κ2) is 5.05. The third kappa shape index (κ3) is 3.00. The number of hydrogen-bond acceptors (Lipinski definition) is 2. The molecular formula is C10H10BrClFNO. The highest BCUT2D eigenvalue weighted by Gasteiger charge is 2.17. The molecule has 0 aliphatic heterocycles. The van der Waals surface area contributed by atoms with E-state index in [1.807, 2.05) is 0 Å². The van der Waals surface area contributed by atoms with Crippen molar-refractivity contribution in [1.29, 1.82) is 0 Å². The lowest BCUT2D eigenvalue weighted by Crippen LogP contribution is -2.20. The van der Waals surface area contributed by atoms with Crippen molar-refractivity contribution in [2.24, 2.45) is 5.73 Å². The fraction of sp³-hybridized carbons (Fsp3) is 0.300. The van der Waals surface area contributed by atoms with Gasteiger partial charge in [0.2, 0.25) is 0 Å². The summed E-state index contributed by atoms with van der Waals surface area (Å²) in [7, 11) is 0. The summed E-state index contributed by atoms with van der Waals surface area (Å²) in [6.45, 7) is 1.69. The average Bonchev–Trinajstić information content (AvgIpc) is 2.13. The first-order valence-electron chi connectivity index (χ1n) is 4.35. The van der Waals surface area contributed by atoms with Crippen molar-refractivity contribution in [3.05, 3.63) is 33.0 Å². The van der Waals surface area contributed by atoms with Crippen LogP contribution in [0, 0.1) is 5.82 Å². The highest BCUT2D eigenvalue weighted by atomic mass is 79.9. The van der Waals surface area contributed by atoms with E-state index in [2.05, 4.69) is 15.9 Å². The molecule has 2 nitrogen and oxygen atoms in total. The predicted molar refractivity (Wildman–Crippen MR) is 61.7 cm³/mol. The smallest absolute Gasteiger partial charge is 0.167 e. The summed E-state index contributed by atoms with van der Waals surface area (Å²) in [5, 5.41) is -0.0782. The zero-order valence-electron chi connectivity index (χ0n) is 8.06. The molecule has 15 heavy (non-hydrogen) atoms. The molecule has 0 saturated carbocycles.